The fourth-order valence-electron chi connectivity index (χ4n) is 1.07. The van der Waals surface area contributed by atoms with Crippen molar-refractivity contribution in [1.82, 2.24) is 9.97 Å². The number of nitrogens with zero attached hydrogens (tertiary/aromatic N) is 2. The summed E-state index contributed by atoms with van der Waals surface area (Å²) in [6.45, 7) is 2.59. The maximum atomic E-state index is 5.48. The van der Waals surface area contributed by atoms with Crippen LogP contribution in [0.2, 0.25) is 0 Å². The van der Waals surface area contributed by atoms with Crippen molar-refractivity contribution in [3.8, 4) is 0 Å². The van der Waals surface area contributed by atoms with Crippen molar-refractivity contribution >= 4 is 5.95 Å². The molecule has 4 N–H and O–H groups in total. The summed E-state index contributed by atoms with van der Waals surface area (Å²) < 4.78 is 0. The normalized spacial score (nSPS) is 10.2. The van der Waals surface area contributed by atoms with Crippen LogP contribution in [0.25, 0.3) is 0 Å². The molecule has 1 aromatic heterocycles. The van der Waals surface area contributed by atoms with Crippen molar-refractivity contribution in [1.29, 1.82) is 0 Å². The van der Waals surface area contributed by atoms with E-state index in [0.717, 1.165) is 24.2 Å². The minimum absolute atomic E-state index is 0.349. The molecule has 0 bridgehead atoms. The monoisotopic (exact) mass is 166 g/mol. The molecule has 4 heteroatoms. The lowest BCUT2D eigenvalue weighted by atomic mass is 10.2. The van der Waals surface area contributed by atoms with Crippen LogP contribution in [0.15, 0.2) is 6.07 Å². The number of nitrogens with two attached hydrogens (primary N) is 2. The average Bonchev–Trinajstić information content (AvgIpc) is 1.99. The van der Waals surface area contributed by atoms with Gasteiger partial charge in [0.15, 0.2) is 0 Å². The van der Waals surface area contributed by atoms with Gasteiger partial charge in [-0.15, -0.1) is 0 Å². The molecule has 0 fully saturated rings. The van der Waals surface area contributed by atoms with E-state index in [4.69, 9.17) is 11.5 Å². The third kappa shape index (κ3) is 2.47. The SMILES string of the molecule is Cc1cc(CCCN)nc(N)n1. The highest BCUT2D eigenvalue weighted by Gasteiger charge is 1.97. The molecule has 0 saturated carbocycles. The molecule has 0 aromatic carbocycles. The first-order valence-electron chi connectivity index (χ1n) is 4.02. The van der Waals surface area contributed by atoms with E-state index in [-0.39, 0.29) is 0 Å². The van der Waals surface area contributed by atoms with E-state index in [1.165, 1.54) is 0 Å². The van der Waals surface area contributed by atoms with Gasteiger partial charge < -0.3 is 11.5 Å². The quantitative estimate of drug-likeness (QED) is 0.675. The number of hydrogen-bond acceptors (Lipinski definition) is 4. The second kappa shape index (κ2) is 4.01. The molecular weight excluding hydrogens is 152 g/mol. The summed E-state index contributed by atoms with van der Waals surface area (Å²) >= 11 is 0. The molecule has 0 aliphatic rings. The molecule has 0 aliphatic carbocycles. The van der Waals surface area contributed by atoms with Crippen LogP contribution in [-0.4, -0.2) is 16.5 Å². The smallest absolute Gasteiger partial charge is 0.220 e. The molecule has 1 rings (SSSR count). The van der Waals surface area contributed by atoms with Crippen LogP contribution in [-0.2, 0) is 6.42 Å². The summed E-state index contributed by atoms with van der Waals surface area (Å²) in [4.78, 5) is 8.06. The van der Waals surface area contributed by atoms with E-state index < -0.39 is 0 Å². The van der Waals surface area contributed by atoms with E-state index in [2.05, 4.69) is 9.97 Å². The zero-order valence-corrected chi connectivity index (χ0v) is 7.25. The Morgan fingerprint density at radius 2 is 2.17 bits per heavy atom. The summed E-state index contributed by atoms with van der Waals surface area (Å²) in [7, 11) is 0. The third-order valence-corrected chi connectivity index (χ3v) is 1.56. The first kappa shape index (κ1) is 8.93. The number of aromatic nitrogens is 2. The molecule has 0 aliphatic heterocycles. The summed E-state index contributed by atoms with van der Waals surface area (Å²) in [6, 6.07) is 1.94. The van der Waals surface area contributed by atoms with Crippen LogP contribution in [0.5, 0.6) is 0 Å². The van der Waals surface area contributed by atoms with E-state index in [9.17, 15) is 0 Å². The highest BCUT2D eigenvalue weighted by Crippen LogP contribution is 2.03. The Morgan fingerprint density at radius 1 is 1.42 bits per heavy atom. The number of anilines is 1. The molecule has 0 saturated heterocycles. The Kier molecular flexibility index (Phi) is 2.99. The maximum absolute atomic E-state index is 5.48. The fraction of sp³-hybridized carbons (Fsp3) is 0.500. The molecule has 0 atom stereocenters. The highest BCUT2D eigenvalue weighted by atomic mass is 15.0. The minimum atomic E-state index is 0.349. The van der Waals surface area contributed by atoms with Crippen molar-refractivity contribution in [3.63, 3.8) is 0 Å². The van der Waals surface area contributed by atoms with Crippen LogP contribution in [0.1, 0.15) is 17.8 Å². The molecule has 4 nitrogen and oxygen atoms in total. The summed E-state index contributed by atoms with van der Waals surface area (Å²) in [5.41, 5.74) is 12.7. The molecule has 1 aromatic rings. The van der Waals surface area contributed by atoms with Gasteiger partial charge in [0, 0.05) is 11.4 Å². The van der Waals surface area contributed by atoms with Gasteiger partial charge in [-0.1, -0.05) is 0 Å². The van der Waals surface area contributed by atoms with Crippen LogP contribution in [0, 0.1) is 6.92 Å². The van der Waals surface area contributed by atoms with Crippen LogP contribution in [0.3, 0.4) is 0 Å². The predicted molar refractivity (Wildman–Crippen MR) is 48.6 cm³/mol. The van der Waals surface area contributed by atoms with Gasteiger partial charge in [-0.3, -0.25) is 0 Å². The molecule has 66 valence electrons. The van der Waals surface area contributed by atoms with Gasteiger partial charge in [-0.25, -0.2) is 9.97 Å². The van der Waals surface area contributed by atoms with Crippen LogP contribution >= 0.6 is 0 Å². The van der Waals surface area contributed by atoms with Gasteiger partial charge in [0.25, 0.3) is 0 Å². The Labute approximate surface area is 72.0 Å². The molecule has 0 unspecified atom stereocenters. The zero-order valence-electron chi connectivity index (χ0n) is 7.25. The lowest BCUT2D eigenvalue weighted by molar-refractivity contribution is 0.805. The Hall–Kier alpha value is -1.16. The Morgan fingerprint density at radius 3 is 2.75 bits per heavy atom. The van der Waals surface area contributed by atoms with Gasteiger partial charge in [0.05, 0.1) is 0 Å². The number of aryl methyl sites for hydroxylation is 2. The Bertz CT molecular complexity index is 239. The fourth-order valence-corrected chi connectivity index (χ4v) is 1.07. The van der Waals surface area contributed by atoms with Crippen molar-refractivity contribution in [2.75, 3.05) is 12.3 Å². The number of hydrogen-bond donors (Lipinski definition) is 2. The number of nitrogen functional groups attached to an aromatic ring is 1. The standard InChI is InChI=1S/C8H14N4/c1-6-5-7(3-2-4-9)12-8(10)11-6/h5H,2-4,9H2,1H3,(H2,10,11,12). The van der Waals surface area contributed by atoms with Crippen molar-refractivity contribution in [3.05, 3.63) is 17.5 Å². The maximum Gasteiger partial charge on any atom is 0.220 e. The third-order valence-electron chi connectivity index (χ3n) is 1.56. The zero-order chi connectivity index (χ0) is 8.97. The summed E-state index contributed by atoms with van der Waals surface area (Å²) in [5.74, 6) is 0.349. The second-order valence-electron chi connectivity index (χ2n) is 2.75. The van der Waals surface area contributed by atoms with Gasteiger partial charge in [0.2, 0.25) is 5.95 Å². The topological polar surface area (TPSA) is 77.8 Å². The van der Waals surface area contributed by atoms with E-state index in [1.54, 1.807) is 0 Å². The molecular formula is C8H14N4. The van der Waals surface area contributed by atoms with Crippen molar-refractivity contribution < 1.29 is 0 Å². The lowest BCUT2D eigenvalue weighted by Gasteiger charge is -2.01. The van der Waals surface area contributed by atoms with E-state index in [0.29, 0.717) is 12.5 Å². The molecule has 0 amide bonds. The number of rotatable bonds is 3. The van der Waals surface area contributed by atoms with Crippen LogP contribution in [0.4, 0.5) is 5.95 Å². The summed E-state index contributed by atoms with van der Waals surface area (Å²) in [5, 5.41) is 0. The summed E-state index contributed by atoms with van der Waals surface area (Å²) in [6.07, 6.45) is 1.82. The average molecular weight is 166 g/mol. The van der Waals surface area contributed by atoms with Gasteiger partial charge in [-0.2, -0.15) is 0 Å². The van der Waals surface area contributed by atoms with Crippen molar-refractivity contribution in [2.24, 2.45) is 5.73 Å². The first-order valence-corrected chi connectivity index (χ1v) is 4.02. The molecule has 0 radical (unpaired) electrons. The minimum Gasteiger partial charge on any atom is -0.368 e. The first-order chi connectivity index (χ1) is 5.72. The lowest BCUT2D eigenvalue weighted by Crippen LogP contribution is -2.04. The van der Waals surface area contributed by atoms with Gasteiger partial charge in [0.1, 0.15) is 0 Å². The second-order valence-corrected chi connectivity index (χ2v) is 2.75. The molecule has 12 heavy (non-hydrogen) atoms. The van der Waals surface area contributed by atoms with Crippen molar-refractivity contribution in [2.45, 2.75) is 19.8 Å². The van der Waals surface area contributed by atoms with E-state index in [1.807, 2.05) is 13.0 Å². The highest BCUT2D eigenvalue weighted by molar-refractivity contribution is 5.21. The largest absolute Gasteiger partial charge is 0.368 e. The van der Waals surface area contributed by atoms with E-state index >= 15 is 0 Å². The molecule has 1 heterocycles. The van der Waals surface area contributed by atoms with Crippen LogP contribution < -0.4 is 11.5 Å². The van der Waals surface area contributed by atoms with Gasteiger partial charge >= 0.3 is 0 Å². The predicted octanol–water partition coefficient (Wildman–Crippen LogP) is 0.259. The Balaban J connectivity index is 2.72. The van der Waals surface area contributed by atoms with Gasteiger partial charge in [-0.05, 0) is 32.4 Å². The molecule has 0 spiro atoms.